The lowest BCUT2D eigenvalue weighted by Crippen LogP contribution is -2.66. The third-order valence-electron chi connectivity index (χ3n) is 10.9. The second-order valence-corrected chi connectivity index (χ2v) is 12.8. The molecule has 0 radical (unpaired) electrons. The highest BCUT2D eigenvalue weighted by Crippen LogP contribution is 2.72. The lowest BCUT2D eigenvalue weighted by Gasteiger charge is -2.66. The number of methoxy groups -OCH3 is 3. The number of benzene rings is 1. The van der Waals surface area contributed by atoms with Crippen molar-refractivity contribution in [2.45, 2.75) is 59.8 Å². The maximum atomic E-state index is 14.0. The normalized spacial score (nSPS) is 36.5. The molecule has 3 fully saturated rings. The van der Waals surface area contributed by atoms with Crippen LogP contribution >= 0.6 is 0 Å². The zero-order chi connectivity index (χ0) is 28.4. The maximum Gasteiger partial charge on any atom is 0.315 e. The van der Waals surface area contributed by atoms with E-state index in [1.807, 2.05) is 0 Å². The molecule has 0 amide bonds. The lowest BCUT2D eigenvalue weighted by molar-refractivity contribution is -0.202. The number of ketones is 1. The molecule has 0 N–H and O–H groups in total. The van der Waals surface area contributed by atoms with Crippen molar-refractivity contribution in [2.24, 2.45) is 39.4 Å². The molecule has 1 unspecified atom stereocenters. The average molecular weight is 541 g/mol. The van der Waals surface area contributed by atoms with Gasteiger partial charge >= 0.3 is 11.9 Å². The maximum absolute atomic E-state index is 14.0. The van der Waals surface area contributed by atoms with Crippen molar-refractivity contribution >= 4 is 17.7 Å². The molecular formula is C31H40O8. The molecule has 1 saturated heterocycles. The van der Waals surface area contributed by atoms with E-state index in [-0.39, 0.29) is 47.8 Å². The van der Waals surface area contributed by atoms with Crippen molar-refractivity contribution in [1.29, 1.82) is 0 Å². The standard InChI is InChI=1S/C31H40O8/c1-28(2)12-11-24(32)30(4)22(28)10-13-29(3)23(30)9-8-19(31(29)16-25(33)38-17-31)27(34)39-18-14-20(35-5)26(37-7)21(15-18)36-6/h11-12,14-15,19,22-23H,8-10,13,16-17H2,1-7H3/t19-,22?,23+,29-,30+,31+/m1/s1. The van der Waals surface area contributed by atoms with Gasteiger partial charge in [0.1, 0.15) is 5.75 Å². The summed E-state index contributed by atoms with van der Waals surface area (Å²) in [5, 5.41) is 0. The fourth-order valence-corrected chi connectivity index (χ4v) is 8.93. The summed E-state index contributed by atoms with van der Waals surface area (Å²) in [5.41, 5.74) is -1.90. The van der Waals surface area contributed by atoms with E-state index in [9.17, 15) is 14.4 Å². The highest BCUT2D eigenvalue weighted by molar-refractivity contribution is 5.96. The number of carbonyl (C=O) groups excluding carboxylic acids is 3. The fraction of sp³-hybridized carbons (Fsp3) is 0.645. The number of ether oxygens (including phenoxy) is 5. The topological polar surface area (TPSA) is 97.4 Å². The minimum absolute atomic E-state index is 0.0141. The summed E-state index contributed by atoms with van der Waals surface area (Å²) in [6, 6.07) is 3.19. The van der Waals surface area contributed by atoms with E-state index >= 15 is 0 Å². The Hall–Kier alpha value is -3.03. The Kier molecular flexibility index (Phi) is 6.55. The van der Waals surface area contributed by atoms with Gasteiger partial charge in [0, 0.05) is 23.0 Å². The van der Waals surface area contributed by atoms with E-state index in [1.165, 1.54) is 21.3 Å². The zero-order valence-electron chi connectivity index (χ0n) is 24.1. The van der Waals surface area contributed by atoms with Crippen LogP contribution in [0.1, 0.15) is 59.8 Å². The minimum Gasteiger partial charge on any atom is -0.493 e. The van der Waals surface area contributed by atoms with Gasteiger partial charge in [0.2, 0.25) is 5.75 Å². The Labute approximate surface area is 230 Å². The van der Waals surface area contributed by atoms with E-state index < -0.39 is 28.1 Å². The number of fused-ring (bicyclic) bond motifs is 4. The molecule has 1 spiro atoms. The van der Waals surface area contributed by atoms with Gasteiger partial charge in [-0.1, -0.05) is 33.8 Å². The molecule has 5 rings (SSSR count). The highest BCUT2D eigenvalue weighted by Gasteiger charge is 2.71. The Morgan fingerprint density at radius 3 is 2.15 bits per heavy atom. The van der Waals surface area contributed by atoms with Gasteiger partial charge in [0.15, 0.2) is 17.3 Å². The summed E-state index contributed by atoms with van der Waals surface area (Å²) in [6.45, 7) is 8.87. The van der Waals surface area contributed by atoms with Crippen LogP contribution in [0.4, 0.5) is 0 Å². The van der Waals surface area contributed by atoms with Crippen LogP contribution in [0, 0.1) is 39.4 Å². The van der Waals surface area contributed by atoms with Crippen LogP contribution in [0.5, 0.6) is 23.0 Å². The molecule has 4 aliphatic rings. The zero-order valence-corrected chi connectivity index (χ0v) is 24.1. The predicted octanol–water partition coefficient (Wildman–Crippen LogP) is 5.17. The second kappa shape index (κ2) is 9.27. The van der Waals surface area contributed by atoms with Crippen LogP contribution < -0.4 is 18.9 Å². The van der Waals surface area contributed by atoms with Crippen molar-refractivity contribution in [2.75, 3.05) is 27.9 Å². The Bertz CT molecular complexity index is 1210. The van der Waals surface area contributed by atoms with E-state index in [1.54, 1.807) is 18.2 Å². The first-order valence-electron chi connectivity index (χ1n) is 13.8. The summed E-state index contributed by atoms with van der Waals surface area (Å²) < 4.78 is 27.9. The summed E-state index contributed by atoms with van der Waals surface area (Å²) in [5.74, 6) is 0.510. The lowest BCUT2D eigenvalue weighted by atomic mass is 9.35. The quantitative estimate of drug-likeness (QED) is 0.373. The van der Waals surface area contributed by atoms with Crippen molar-refractivity contribution in [3.8, 4) is 23.0 Å². The summed E-state index contributed by atoms with van der Waals surface area (Å²) in [4.78, 5) is 40.3. The largest absolute Gasteiger partial charge is 0.493 e. The number of allylic oxidation sites excluding steroid dienone is 2. The van der Waals surface area contributed by atoms with Crippen LogP contribution in [0.2, 0.25) is 0 Å². The first-order valence-corrected chi connectivity index (χ1v) is 13.8. The van der Waals surface area contributed by atoms with E-state index in [0.29, 0.717) is 30.1 Å². The number of hydrogen-bond donors (Lipinski definition) is 0. The molecule has 1 aromatic rings. The summed E-state index contributed by atoms with van der Waals surface area (Å²) >= 11 is 0. The SMILES string of the molecule is COc1cc(OC(=O)[C@H]2CC[C@@H]3[C@@]4(C)C(=O)C=CC(C)(C)C4CC[C@@]3(C)[C@@]23COC(=O)C3)cc(OC)c1OC. The van der Waals surface area contributed by atoms with Crippen molar-refractivity contribution < 1.29 is 38.1 Å². The second-order valence-electron chi connectivity index (χ2n) is 12.8. The first-order chi connectivity index (χ1) is 18.4. The third kappa shape index (κ3) is 3.80. The van der Waals surface area contributed by atoms with Crippen LogP contribution in [0.3, 0.4) is 0 Å². The van der Waals surface area contributed by atoms with Gasteiger partial charge in [-0.25, -0.2) is 0 Å². The number of cyclic esters (lactones) is 1. The molecule has 1 aliphatic heterocycles. The molecule has 2 saturated carbocycles. The highest BCUT2D eigenvalue weighted by atomic mass is 16.6. The molecular weight excluding hydrogens is 500 g/mol. The molecule has 0 aromatic heterocycles. The number of rotatable bonds is 5. The van der Waals surface area contributed by atoms with Gasteiger partial charge in [-0.2, -0.15) is 0 Å². The molecule has 8 nitrogen and oxygen atoms in total. The Morgan fingerprint density at radius 1 is 0.923 bits per heavy atom. The Balaban J connectivity index is 1.53. The molecule has 6 atom stereocenters. The van der Waals surface area contributed by atoms with Gasteiger partial charge in [-0.05, 0) is 54.4 Å². The van der Waals surface area contributed by atoms with Crippen LogP contribution in [-0.4, -0.2) is 45.7 Å². The third-order valence-corrected chi connectivity index (χ3v) is 10.9. The van der Waals surface area contributed by atoms with Crippen LogP contribution in [0.15, 0.2) is 24.3 Å². The number of hydrogen-bond acceptors (Lipinski definition) is 8. The van der Waals surface area contributed by atoms with Crippen LogP contribution in [-0.2, 0) is 19.1 Å². The average Bonchev–Trinajstić information content (AvgIpc) is 3.29. The number of carbonyl (C=O) groups is 3. The Morgan fingerprint density at radius 2 is 1.59 bits per heavy atom. The van der Waals surface area contributed by atoms with Crippen molar-refractivity contribution in [1.82, 2.24) is 0 Å². The van der Waals surface area contributed by atoms with Crippen molar-refractivity contribution in [3.05, 3.63) is 24.3 Å². The van der Waals surface area contributed by atoms with Gasteiger partial charge in [-0.15, -0.1) is 0 Å². The molecule has 1 aromatic carbocycles. The smallest absolute Gasteiger partial charge is 0.315 e. The molecule has 3 aliphatic carbocycles. The summed E-state index contributed by atoms with van der Waals surface area (Å²) in [7, 11) is 4.51. The predicted molar refractivity (Wildman–Crippen MR) is 143 cm³/mol. The first kappa shape index (κ1) is 27.5. The van der Waals surface area contributed by atoms with Crippen LogP contribution in [0.25, 0.3) is 0 Å². The molecule has 8 heteroatoms. The van der Waals surface area contributed by atoms with E-state index in [2.05, 4.69) is 33.8 Å². The minimum atomic E-state index is -0.760. The van der Waals surface area contributed by atoms with Gasteiger partial charge in [0.05, 0.1) is 40.3 Å². The number of esters is 2. The van der Waals surface area contributed by atoms with Crippen molar-refractivity contribution in [3.63, 3.8) is 0 Å². The fourth-order valence-electron chi connectivity index (χ4n) is 8.93. The molecule has 0 bridgehead atoms. The van der Waals surface area contributed by atoms with Gasteiger partial charge in [-0.3, -0.25) is 14.4 Å². The molecule has 212 valence electrons. The molecule has 1 heterocycles. The van der Waals surface area contributed by atoms with E-state index in [0.717, 1.165) is 12.8 Å². The van der Waals surface area contributed by atoms with Gasteiger partial charge < -0.3 is 23.7 Å². The monoisotopic (exact) mass is 540 g/mol. The van der Waals surface area contributed by atoms with Gasteiger partial charge in [0.25, 0.3) is 0 Å². The summed E-state index contributed by atoms with van der Waals surface area (Å²) in [6.07, 6.45) is 6.83. The van der Waals surface area contributed by atoms with E-state index in [4.69, 9.17) is 23.7 Å². The molecule has 39 heavy (non-hydrogen) atoms.